The van der Waals surface area contributed by atoms with Crippen LogP contribution in [0.25, 0.3) is 0 Å². The van der Waals surface area contributed by atoms with Crippen molar-refractivity contribution in [1.29, 1.82) is 0 Å². The fourth-order valence-electron chi connectivity index (χ4n) is 2.58. The number of hydrogen-bond acceptors (Lipinski definition) is 5. The van der Waals surface area contributed by atoms with E-state index in [1.165, 1.54) is 18.3 Å². The molecule has 1 aromatic carbocycles. The van der Waals surface area contributed by atoms with E-state index in [0.29, 0.717) is 17.2 Å². The molecule has 1 heterocycles. The Labute approximate surface area is 144 Å². The molecule has 1 saturated carbocycles. The highest BCUT2D eigenvalue weighted by molar-refractivity contribution is 7.90. The van der Waals surface area contributed by atoms with Crippen molar-refractivity contribution in [2.75, 3.05) is 7.11 Å². The van der Waals surface area contributed by atoms with Crippen molar-refractivity contribution in [1.82, 2.24) is 9.71 Å². The van der Waals surface area contributed by atoms with Gasteiger partial charge in [0.15, 0.2) is 5.03 Å². The van der Waals surface area contributed by atoms with Crippen molar-refractivity contribution in [3.05, 3.63) is 53.2 Å². The van der Waals surface area contributed by atoms with Gasteiger partial charge in [-0.25, -0.2) is 9.71 Å². The number of halogens is 1. The minimum atomic E-state index is -4.00. The first-order chi connectivity index (χ1) is 11.4. The maximum absolute atomic E-state index is 12.3. The van der Waals surface area contributed by atoms with Crippen LogP contribution in [0.15, 0.2) is 47.6 Å². The molecule has 1 N–H and O–H groups in total. The SMILES string of the molecule is COc1ccccc1[C@@H]1C[C@@H]1C(=O)NS(=O)(=O)c1ccc(Cl)cn1. The Morgan fingerprint density at radius 1 is 1.29 bits per heavy atom. The van der Waals surface area contributed by atoms with Crippen molar-refractivity contribution in [3.8, 4) is 5.75 Å². The smallest absolute Gasteiger partial charge is 0.281 e. The second kappa shape index (κ2) is 6.41. The number of carbonyl (C=O) groups excluding carboxylic acids is 1. The zero-order chi connectivity index (χ0) is 17.3. The first-order valence-corrected chi connectivity index (χ1v) is 9.09. The Bertz CT molecular complexity index is 868. The molecule has 1 fully saturated rings. The van der Waals surface area contributed by atoms with Crippen LogP contribution >= 0.6 is 11.6 Å². The van der Waals surface area contributed by atoms with Crippen molar-refractivity contribution in [2.24, 2.45) is 5.92 Å². The number of pyridine rings is 1. The quantitative estimate of drug-likeness (QED) is 0.877. The standard InChI is InChI=1S/C16H15ClN2O4S/c1-23-14-5-3-2-4-11(14)12-8-13(12)16(20)19-24(21,22)15-7-6-10(17)9-18-15/h2-7,9,12-13H,8H2,1H3,(H,19,20)/t12-,13-/m0/s1. The molecular formula is C16H15ClN2O4S. The third-order valence-electron chi connectivity index (χ3n) is 3.88. The number of para-hydroxylation sites is 1. The first kappa shape index (κ1) is 16.7. The van der Waals surface area contributed by atoms with E-state index in [1.54, 1.807) is 7.11 Å². The van der Waals surface area contributed by atoms with Gasteiger partial charge in [0.05, 0.1) is 12.1 Å². The fraction of sp³-hybridized carbons (Fsp3) is 0.250. The van der Waals surface area contributed by atoms with E-state index in [9.17, 15) is 13.2 Å². The van der Waals surface area contributed by atoms with Gasteiger partial charge in [0.1, 0.15) is 5.75 Å². The largest absolute Gasteiger partial charge is 0.496 e. The summed E-state index contributed by atoms with van der Waals surface area (Å²) in [6.07, 6.45) is 1.80. The monoisotopic (exact) mass is 366 g/mol. The van der Waals surface area contributed by atoms with Gasteiger partial charge in [-0.2, -0.15) is 8.42 Å². The predicted octanol–water partition coefficient (Wildman–Crippen LogP) is 2.35. The van der Waals surface area contributed by atoms with Gasteiger partial charge >= 0.3 is 0 Å². The number of benzene rings is 1. The second-order valence-corrected chi connectivity index (χ2v) is 7.54. The number of methoxy groups -OCH3 is 1. The molecule has 8 heteroatoms. The van der Waals surface area contributed by atoms with Crippen LogP contribution in [-0.2, 0) is 14.8 Å². The Kier molecular flexibility index (Phi) is 4.47. The van der Waals surface area contributed by atoms with Gasteiger partial charge in [-0.3, -0.25) is 4.79 Å². The Morgan fingerprint density at radius 3 is 2.71 bits per heavy atom. The fourth-order valence-corrected chi connectivity index (χ4v) is 3.65. The molecule has 0 unspecified atom stereocenters. The van der Waals surface area contributed by atoms with Gasteiger partial charge < -0.3 is 4.74 Å². The van der Waals surface area contributed by atoms with Gasteiger partial charge in [-0.15, -0.1) is 0 Å². The third-order valence-corrected chi connectivity index (χ3v) is 5.36. The lowest BCUT2D eigenvalue weighted by molar-refractivity contribution is -0.120. The number of ether oxygens (including phenoxy) is 1. The van der Waals surface area contributed by atoms with E-state index < -0.39 is 21.8 Å². The summed E-state index contributed by atoms with van der Waals surface area (Å²) in [6.45, 7) is 0. The number of carbonyl (C=O) groups is 1. The summed E-state index contributed by atoms with van der Waals surface area (Å²) < 4.78 is 31.7. The van der Waals surface area contributed by atoms with Crippen LogP contribution in [0.5, 0.6) is 5.75 Å². The molecule has 126 valence electrons. The summed E-state index contributed by atoms with van der Waals surface area (Å²) in [7, 11) is -2.44. The van der Waals surface area contributed by atoms with Crippen LogP contribution in [0.2, 0.25) is 5.02 Å². The molecule has 2 aromatic rings. The van der Waals surface area contributed by atoms with E-state index in [4.69, 9.17) is 16.3 Å². The topological polar surface area (TPSA) is 85.4 Å². The molecular weight excluding hydrogens is 352 g/mol. The Morgan fingerprint density at radius 2 is 2.04 bits per heavy atom. The summed E-state index contributed by atoms with van der Waals surface area (Å²) >= 11 is 5.69. The van der Waals surface area contributed by atoms with Gasteiger partial charge in [-0.05, 0) is 36.1 Å². The van der Waals surface area contributed by atoms with Crippen LogP contribution in [0.1, 0.15) is 17.9 Å². The highest BCUT2D eigenvalue weighted by atomic mass is 35.5. The molecule has 2 atom stereocenters. The summed E-state index contributed by atoms with van der Waals surface area (Å²) in [5.41, 5.74) is 0.905. The molecule has 0 bridgehead atoms. The lowest BCUT2D eigenvalue weighted by Crippen LogP contribution is -2.32. The van der Waals surface area contributed by atoms with Crippen molar-refractivity contribution >= 4 is 27.5 Å². The molecule has 1 amide bonds. The van der Waals surface area contributed by atoms with Gasteiger partial charge in [0, 0.05) is 12.1 Å². The highest BCUT2D eigenvalue weighted by Gasteiger charge is 2.46. The summed E-state index contributed by atoms with van der Waals surface area (Å²) in [5, 5.41) is 0.0773. The van der Waals surface area contributed by atoms with Crippen LogP contribution in [-0.4, -0.2) is 26.4 Å². The van der Waals surface area contributed by atoms with E-state index in [-0.39, 0.29) is 10.9 Å². The minimum absolute atomic E-state index is 0.0467. The molecule has 0 aliphatic heterocycles. The zero-order valence-corrected chi connectivity index (χ0v) is 14.3. The highest BCUT2D eigenvalue weighted by Crippen LogP contribution is 2.50. The molecule has 1 aliphatic carbocycles. The second-order valence-electron chi connectivity index (χ2n) is 5.48. The first-order valence-electron chi connectivity index (χ1n) is 7.23. The van der Waals surface area contributed by atoms with E-state index >= 15 is 0 Å². The number of nitrogens with zero attached hydrogens (tertiary/aromatic N) is 1. The summed E-state index contributed by atoms with van der Waals surface area (Å²) in [6, 6.07) is 10.1. The third kappa shape index (κ3) is 3.37. The van der Waals surface area contributed by atoms with Gasteiger partial charge in [0.2, 0.25) is 5.91 Å². The number of sulfonamides is 1. The number of aromatic nitrogens is 1. The molecule has 0 spiro atoms. The average molecular weight is 367 g/mol. The van der Waals surface area contributed by atoms with Crippen LogP contribution in [0.3, 0.4) is 0 Å². The molecule has 1 aromatic heterocycles. The van der Waals surface area contributed by atoms with Crippen LogP contribution in [0.4, 0.5) is 0 Å². The number of rotatable bonds is 5. The maximum atomic E-state index is 12.3. The number of hydrogen-bond donors (Lipinski definition) is 1. The summed E-state index contributed by atoms with van der Waals surface area (Å²) in [4.78, 5) is 16.0. The normalized spacial score (nSPS) is 19.6. The lowest BCUT2D eigenvalue weighted by Gasteiger charge is -2.08. The number of nitrogens with one attached hydrogen (secondary N) is 1. The van der Waals surface area contributed by atoms with E-state index in [0.717, 1.165) is 5.56 Å². The van der Waals surface area contributed by atoms with Gasteiger partial charge in [0.25, 0.3) is 10.0 Å². The molecule has 0 saturated heterocycles. The van der Waals surface area contributed by atoms with E-state index in [2.05, 4.69) is 9.71 Å². The van der Waals surface area contributed by atoms with Crippen LogP contribution in [0, 0.1) is 5.92 Å². The van der Waals surface area contributed by atoms with Gasteiger partial charge in [-0.1, -0.05) is 29.8 Å². The lowest BCUT2D eigenvalue weighted by atomic mass is 10.1. The zero-order valence-electron chi connectivity index (χ0n) is 12.8. The maximum Gasteiger partial charge on any atom is 0.281 e. The Hall–Kier alpha value is -2.12. The molecule has 0 radical (unpaired) electrons. The van der Waals surface area contributed by atoms with Crippen molar-refractivity contribution in [2.45, 2.75) is 17.4 Å². The molecule has 3 rings (SSSR count). The van der Waals surface area contributed by atoms with Crippen molar-refractivity contribution < 1.29 is 17.9 Å². The Balaban J connectivity index is 1.71. The molecule has 1 aliphatic rings. The van der Waals surface area contributed by atoms with Crippen molar-refractivity contribution in [3.63, 3.8) is 0 Å². The molecule has 24 heavy (non-hydrogen) atoms. The summed E-state index contributed by atoms with van der Waals surface area (Å²) in [5.74, 6) is -0.291. The predicted molar refractivity (Wildman–Crippen MR) is 88.4 cm³/mol. The van der Waals surface area contributed by atoms with Crippen LogP contribution < -0.4 is 9.46 Å². The average Bonchev–Trinajstić information content (AvgIpc) is 3.35. The van der Waals surface area contributed by atoms with E-state index in [1.807, 2.05) is 24.3 Å². The minimum Gasteiger partial charge on any atom is -0.496 e. The number of amides is 1. The molecule has 6 nitrogen and oxygen atoms in total.